The minimum absolute atomic E-state index is 0.0133. The van der Waals surface area contributed by atoms with Crippen molar-refractivity contribution in [2.75, 3.05) is 78.5 Å². The van der Waals surface area contributed by atoms with E-state index in [-0.39, 0.29) is 96.4 Å². The summed E-state index contributed by atoms with van der Waals surface area (Å²) in [6, 6.07) is -1.04. The van der Waals surface area contributed by atoms with Crippen LogP contribution < -0.4 is 5.32 Å². The highest BCUT2D eigenvalue weighted by Crippen LogP contribution is 2.12. The van der Waals surface area contributed by atoms with Crippen molar-refractivity contribution in [1.82, 2.24) is 24.9 Å². The van der Waals surface area contributed by atoms with Crippen LogP contribution in [-0.4, -0.2) is 168 Å². The lowest BCUT2D eigenvalue weighted by Gasteiger charge is -2.35. The van der Waals surface area contributed by atoms with E-state index in [1.807, 2.05) is 0 Å². The molecule has 1 unspecified atom stereocenters. The van der Waals surface area contributed by atoms with Crippen LogP contribution in [0.3, 0.4) is 0 Å². The summed E-state index contributed by atoms with van der Waals surface area (Å²) < 4.78 is 0. The van der Waals surface area contributed by atoms with Gasteiger partial charge in [-0.1, -0.05) is 38.5 Å². The number of hydrogen-bond donors (Lipinski definition) is 5. The number of aliphatic carboxylic acids is 4. The first-order valence-corrected chi connectivity index (χ1v) is 16.2. The third-order valence-electron chi connectivity index (χ3n) is 7.99. The molecule has 2 radical (unpaired) electrons. The molecule has 1 amide bonds. The quantitative estimate of drug-likeness (QED) is 0.0771. The third kappa shape index (κ3) is 20.9. The highest BCUT2D eigenvalue weighted by Gasteiger charge is 2.28. The van der Waals surface area contributed by atoms with Crippen LogP contribution in [0.4, 0.5) is 0 Å². The fraction of sp³-hybridized carbons (Fsp3) is 0.800. The lowest BCUT2D eigenvalue weighted by Crippen LogP contribution is -2.52. The maximum absolute atomic E-state index is 12.5. The number of nitrogens with one attached hydrogen (secondary N) is 1. The minimum Gasteiger partial charge on any atom is -0.480 e. The molecule has 1 heterocycles. The van der Waals surface area contributed by atoms with Gasteiger partial charge in [0.15, 0.2) is 7.85 Å². The summed E-state index contributed by atoms with van der Waals surface area (Å²) in [5.41, 5.74) is -0.267. The first-order valence-electron chi connectivity index (χ1n) is 16.2. The molecular formula is C30H52BN5O10. The summed E-state index contributed by atoms with van der Waals surface area (Å²) in [6.07, 6.45) is 8.29. The van der Waals surface area contributed by atoms with Gasteiger partial charge in [0, 0.05) is 65.3 Å². The normalized spacial score (nSPS) is 17.0. The summed E-state index contributed by atoms with van der Waals surface area (Å²) in [4.78, 5) is 76.5. The summed E-state index contributed by atoms with van der Waals surface area (Å²) in [7, 11) is 5.14. The highest BCUT2D eigenvalue weighted by molar-refractivity contribution is 6.57. The van der Waals surface area contributed by atoms with Gasteiger partial charge >= 0.3 is 23.9 Å². The van der Waals surface area contributed by atoms with Crippen molar-refractivity contribution in [3.05, 3.63) is 0 Å². The van der Waals surface area contributed by atoms with Gasteiger partial charge in [0.1, 0.15) is 6.04 Å². The predicted molar refractivity (Wildman–Crippen MR) is 170 cm³/mol. The molecule has 0 aromatic heterocycles. The lowest BCUT2D eigenvalue weighted by molar-refractivity contribution is -0.145. The maximum atomic E-state index is 12.5. The van der Waals surface area contributed by atoms with Gasteiger partial charge in [-0.15, -0.1) is 0 Å². The molecule has 260 valence electrons. The molecule has 0 aromatic rings. The molecule has 0 bridgehead atoms. The number of carbonyl (C=O) groups is 6. The van der Waals surface area contributed by atoms with Crippen LogP contribution in [0, 0.1) is 0 Å². The molecule has 1 fully saturated rings. The average Bonchev–Trinajstić information content (AvgIpc) is 2.95. The number of carbonyl (C=O) groups excluding carboxylic acids is 2. The summed E-state index contributed by atoms with van der Waals surface area (Å²) in [6.45, 7) is 1.23. The van der Waals surface area contributed by atoms with Gasteiger partial charge in [-0.05, 0) is 25.7 Å². The van der Waals surface area contributed by atoms with E-state index in [4.69, 9.17) is 7.85 Å². The lowest BCUT2D eigenvalue weighted by atomic mass is 9.96. The zero-order valence-electron chi connectivity index (χ0n) is 26.9. The predicted octanol–water partition coefficient (Wildman–Crippen LogP) is 0.0174. The Labute approximate surface area is 272 Å². The molecule has 16 heteroatoms. The summed E-state index contributed by atoms with van der Waals surface area (Å²) in [5.74, 6) is -4.58. The van der Waals surface area contributed by atoms with Gasteiger partial charge < -0.3 is 30.5 Å². The molecule has 0 spiro atoms. The van der Waals surface area contributed by atoms with Gasteiger partial charge in [0.2, 0.25) is 5.91 Å². The van der Waals surface area contributed by atoms with Gasteiger partial charge in [-0.25, -0.2) is 0 Å². The molecule has 0 saturated carbocycles. The van der Waals surface area contributed by atoms with Gasteiger partial charge in [0.25, 0.3) is 0 Å². The monoisotopic (exact) mass is 653 g/mol. The number of amides is 1. The Balaban J connectivity index is 2.70. The molecule has 46 heavy (non-hydrogen) atoms. The number of unbranched alkanes of at least 4 members (excludes halogenated alkanes) is 7. The topological polar surface area (TPSA) is 208 Å². The van der Waals surface area contributed by atoms with Crippen LogP contribution in [0.5, 0.6) is 0 Å². The molecule has 1 aliphatic heterocycles. The third-order valence-corrected chi connectivity index (χ3v) is 7.99. The Morgan fingerprint density at radius 3 is 1.35 bits per heavy atom. The van der Waals surface area contributed by atoms with E-state index in [0.29, 0.717) is 13.0 Å². The van der Waals surface area contributed by atoms with E-state index < -0.39 is 29.9 Å². The van der Waals surface area contributed by atoms with Crippen molar-refractivity contribution < 1.29 is 49.2 Å². The van der Waals surface area contributed by atoms with Gasteiger partial charge in [0.05, 0.1) is 25.3 Å². The fourth-order valence-corrected chi connectivity index (χ4v) is 5.44. The average molecular weight is 654 g/mol. The van der Waals surface area contributed by atoms with Gasteiger partial charge in [-0.2, -0.15) is 0 Å². The number of carboxylic acids is 4. The number of hydrogen-bond acceptors (Lipinski definition) is 10. The summed E-state index contributed by atoms with van der Waals surface area (Å²) >= 11 is 0. The minimum atomic E-state index is -1.13. The van der Waals surface area contributed by atoms with Crippen molar-refractivity contribution in [3.63, 3.8) is 0 Å². The van der Waals surface area contributed by atoms with E-state index in [1.54, 1.807) is 19.6 Å². The van der Waals surface area contributed by atoms with Crippen LogP contribution in [0.2, 0.25) is 0 Å². The second-order valence-corrected chi connectivity index (χ2v) is 11.8. The van der Waals surface area contributed by atoms with Gasteiger partial charge in [-0.3, -0.25) is 43.6 Å². The van der Waals surface area contributed by atoms with E-state index in [2.05, 4.69) is 5.32 Å². The van der Waals surface area contributed by atoms with Crippen LogP contribution in [-0.2, 0) is 28.8 Å². The van der Waals surface area contributed by atoms with Crippen molar-refractivity contribution in [3.8, 4) is 0 Å². The van der Waals surface area contributed by atoms with Crippen molar-refractivity contribution in [2.45, 2.75) is 76.7 Å². The molecule has 1 atom stereocenters. The molecule has 1 aliphatic rings. The Hall–Kier alpha value is -3.08. The van der Waals surface area contributed by atoms with Crippen LogP contribution >= 0.6 is 0 Å². The SMILES string of the molecule is [B]C(=O)CCCCCCCCCCNC(=O)CCC(C(=O)O)N1CCN(CC(=O)O)CCN(CC(=O)O)CCN(CC(=O)O)CC1. The van der Waals surface area contributed by atoms with E-state index in [0.717, 1.165) is 51.4 Å². The van der Waals surface area contributed by atoms with Crippen molar-refractivity contribution in [1.29, 1.82) is 0 Å². The Bertz CT molecular complexity index is 940. The van der Waals surface area contributed by atoms with Crippen LogP contribution in [0.25, 0.3) is 0 Å². The number of nitrogens with zero attached hydrogens (tertiary/aromatic N) is 4. The zero-order valence-corrected chi connectivity index (χ0v) is 26.9. The molecule has 15 nitrogen and oxygen atoms in total. The number of carboxylic acid groups (broad SMARTS) is 4. The highest BCUT2D eigenvalue weighted by atomic mass is 16.4. The molecule has 5 N–H and O–H groups in total. The second-order valence-electron chi connectivity index (χ2n) is 11.8. The smallest absolute Gasteiger partial charge is 0.320 e. The second kappa shape index (κ2) is 24.1. The number of rotatable bonds is 22. The van der Waals surface area contributed by atoms with Crippen molar-refractivity contribution in [2.24, 2.45) is 0 Å². The largest absolute Gasteiger partial charge is 0.480 e. The van der Waals surface area contributed by atoms with Crippen LogP contribution in [0.1, 0.15) is 70.6 Å². The molecular weight excluding hydrogens is 601 g/mol. The standard InChI is InChI=1S/C30H52BN5O10/c31-25(37)9-7-5-3-1-2-4-6-8-12-32-26(38)11-10-24(30(45)46)36-19-17-34(22-28(41)42)15-13-33(21-27(39)40)14-16-35(18-20-36)23-29(43)44/h24H,1-23H2,(H,32,38)(H,39,40)(H,41,42)(H,43,44)(H,45,46). The Morgan fingerprint density at radius 1 is 0.565 bits per heavy atom. The summed E-state index contributed by atoms with van der Waals surface area (Å²) in [5, 5.41) is 41.0. The molecule has 1 saturated heterocycles. The fourth-order valence-electron chi connectivity index (χ4n) is 5.44. The maximum Gasteiger partial charge on any atom is 0.320 e. The first kappa shape index (κ1) is 40.9. The first-order chi connectivity index (χ1) is 21.9. The van der Waals surface area contributed by atoms with Crippen molar-refractivity contribution >= 4 is 43.3 Å². The van der Waals surface area contributed by atoms with E-state index >= 15 is 0 Å². The molecule has 0 aliphatic carbocycles. The van der Waals surface area contributed by atoms with E-state index in [9.17, 15) is 49.2 Å². The van der Waals surface area contributed by atoms with E-state index in [1.165, 1.54) is 0 Å². The zero-order chi connectivity index (χ0) is 34.3. The Morgan fingerprint density at radius 2 is 0.957 bits per heavy atom. The Kier molecular flexibility index (Phi) is 21.5. The molecule has 1 rings (SSSR count). The van der Waals surface area contributed by atoms with Crippen LogP contribution in [0.15, 0.2) is 0 Å². The molecule has 0 aromatic carbocycles.